The van der Waals surface area contributed by atoms with E-state index in [2.05, 4.69) is 0 Å². The molecule has 3 rings (SSSR count). The molecule has 0 bridgehead atoms. The van der Waals surface area contributed by atoms with E-state index in [9.17, 15) is 9.90 Å². The van der Waals surface area contributed by atoms with Gasteiger partial charge in [0.1, 0.15) is 11.4 Å². The summed E-state index contributed by atoms with van der Waals surface area (Å²) in [6, 6.07) is 9.70. The molecule has 0 atom stereocenters. The summed E-state index contributed by atoms with van der Waals surface area (Å²) < 4.78 is 11.8. The van der Waals surface area contributed by atoms with Crippen LogP contribution in [0.4, 0.5) is 4.79 Å². The molecule has 2 aliphatic rings. The Bertz CT molecular complexity index is 708. The van der Waals surface area contributed by atoms with Crippen LogP contribution in [0.1, 0.15) is 71.3 Å². The summed E-state index contributed by atoms with van der Waals surface area (Å²) in [5.41, 5.74) is 0.351. The van der Waals surface area contributed by atoms with Gasteiger partial charge in [-0.15, -0.1) is 0 Å². The van der Waals surface area contributed by atoms with Crippen molar-refractivity contribution in [3.05, 3.63) is 41.7 Å². The van der Waals surface area contributed by atoms with Crippen molar-refractivity contribution in [1.82, 2.24) is 4.90 Å². The van der Waals surface area contributed by atoms with Gasteiger partial charge in [-0.1, -0.05) is 49.6 Å². The quantitative estimate of drug-likeness (QED) is 0.585. The number of piperidine rings is 1. The third kappa shape index (κ3) is 6.41. The van der Waals surface area contributed by atoms with Crippen LogP contribution in [0.25, 0.3) is 5.76 Å². The largest absolute Gasteiger partial charge is 0.504 e. The average Bonchev–Trinajstić information content (AvgIpc) is 2.74. The number of ether oxygens (including phenoxy) is 2. The number of rotatable bonds is 5. The van der Waals surface area contributed by atoms with E-state index in [4.69, 9.17) is 9.47 Å². The van der Waals surface area contributed by atoms with Crippen LogP contribution in [0, 0.1) is 11.8 Å². The molecule has 5 nitrogen and oxygen atoms in total. The van der Waals surface area contributed by atoms with Crippen LogP contribution in [-0.4, -0.2) is 41.4 Å². The minimum absolute atomic E-state index is 0.230. The van der Waals surface area contributed by atoms with E-state index < -0.39 is 5.60 Å². The number of allylic oxidation sites excluding steroid dienone is 1. The summed E-state index contributed by atoms with van der Waals surface area (Å²) in [5.74, 6) is 1.72. The summed E-state index contributed by atoms with van der Waals surface area (Å²) >= 11 is 0. The van der Waals surface area contributed by atoms with Crippen molar-refractivity contribution < 1.29 is 19.4 Å². The van der Waals surface area contributed by atoms with Crippen LogP contribution in [-0.2, 0) is 9.47 Å². The number of benzene rings is 1. The highest BCUT2D eigenvalue weighted by atomic mass is 16.6. The molecule has 0 radical (unpaired) electrons. The number of carbonyl (C=O) groups excluding carboxylic acids is 1. The molecule has 1 aromatic carbocycles. The summed E-state index contributed by atoms with van der Waals surface area (Å²) in [7, 11) is 0. The highest BCUT2D eigenvalue weighted by Crippen LogP contribution is 2.35. The smallest absolute Gasteiger partial charge is 0.410 e. The average molecular weight is 416 g/mol. The van der Waals surface area contributed by atoms with Gasteiger partial charge in [0, 0.05) is 24.6 Å². The standard InChI is InChI=1S/C25H37NO4/c1-25(2,3)30-24(28)26-16-14-19(15-17-26)18-29-23(21-12-8-5-9-13-21)22(27)20-10-6-4-7-11-20/h4,6-7,10-11,19,21,27H,5,8-9,12-18H2,1-3H3. The van der Waals surface area contributed by atoms with Crippen molar-refractivity contribution in [1.29, 1.82) is 0 Å². The predicted molar refractivity (Wildman–Crippen MR) is 119 cm³/mol. The minimum atomic E-state index is -0.467. The fourth-order valence-electron chi connectivity index (χ4n) is 4.30. The first kappa shape index (κ1) is 22.5. The lowest BCUT2D eigenvalue weighted by Gasteiger charge is -2.34. The Kier molecular flexibility index (Phi) is 7.68. The number of amides is 1. The first-order valence-corrected chi connectivity index (χ1v) is 11.4. The second-order valence-electron chi connectivity index (χ2n) is 9.64. The molecule has 2 fully saturated rings. The topological polar surface area (TPSA) is 59.0 Å². The van der Waals surface area contributed by atoms with Crippen LogP contribution in [0.15, 0.2) is 36.1 Å². The number of aliphatic hydroxyl groups is 1. The molecule has 166 valence electrons. The molecule has 5 heteroatoms. The van der Waals surface area contributed by atoms with Crippen LogP contribution < -0.4 is 0 Å². The SMILES string of the molecule is CC(C)(C)OC(=O)N1CCC(COC(=C(O)c2ccccc2)C2CCCCC2)CC1. The van der Waals surface area contributed by atoms with Gasteiger partial charge in [0.05, 0.1) is 6.61 Å². The van der Waals surface area contributed by atoms with Crippen molar-refractivity contribution >= 4 is 11.9 Å². The number of carbonyl (C=O) groups is 1. The Morgan fingerprint density at radius 2 is 1.67 bits per heavy atom. The van der Waals surface area contributed by atoms with Crippen LogP contribution in [0.5, 0.6) is 0 Å². The lowest BCUT2D eigenvalue weighted by Crippen LogP contribution is -2.42. The van der Waals surface area contributed by atoms with Gasteiger partial charge in [0.15, 0.2) is 5.76 Å². The highest BCUT2D eigenvalue weighted by molar-refractivity contribution is 5.68. The van der Waals surface area contributed by atoms with Gasteiger partial charge in [-0.2, -0.15) is 0 Å². The maximum Gasteiger partial charge on any atom is 0.410 e. The molecule has 0 unspecified atom stereocenters. The molecule has 0 aromatic heterocycles. The molecule has 1 aliphatic heterocycles. The molecule has 30 heavy (non-hydrogen) atoms. The molecule has 1 aliphatic carbocycles. The monoisotopic (exact) mass is 415 g/mol. The normalized spacial score (nSPS) is 19.9. The molecular weight excluding hydrogens is 378 g/mol. The molecule has 0 spiro atoms. The number of likely N-dealkylation sites (tertiary alicyclic amines) is 1. The summed E-state index contributed by atoms with van der Waals surface area (Å²) in [5, 5.41) is 11.0. The first-order valence-electron chi connectivity index (χ1n) is 11.4. The minimum Gasteiger partial charge on any atom is -0.504 e. The zero-order valence-electron chi connectivity index (χ0n) is 18.7. The van der Waals surface area contributed by atoms with Crippen molar-refractivity contribution in [3.8, 4) is 0 Å². The maximum absolute atomic E-state index is 12.3. The van der Waals surface area contributed by atoms with E-state index in [1.54, 1.807) is 4.90 Å². The Morgan fingerprint density at radius 1 is 1.03 bits per heavy atom. The van der Waals surface area contributed by atoms with Crippen molar-refractivity contribution in [2.45, 2.75) is 71.3 Å². The van der Waals surface area contributed by atoms with Crippen LogP contribution in [0.2, 0.25) is 0 Å². The Morgan fingerprint density at radius 3 is 2.27 bits per heavy atom. The molecule has 1 amide bonds. The predicted octanol–water partition coefficient (Wildman–Crippen LogP) is 6.16. The lowest BCUT2D eigenvalue weighted by atomic mass is 9.86. The zero-order valence-corrected chi connectivity index (χ0v) is 18.7. The van der Waals surface area contributed by atoms with E-state index in [1.807, 2.05) is 51.1 Å². The Hall–Kier alpha value is -2.17. The third-order valence-electron chi connectivity index (χ3n) is 6.00. The summed E-state index contributed by atoms with van der Waals surface area (Å²) in [6.07, 6.45) is 7.34. The second kappa shape index (κ2) is 10.2. The van der Waals surface area contributed by atoms with Crippen molar-refractivity contribution in [2.24, 2.45) is 11.8 Å². The fourth-order valence-corrected chi connectivity index (χ4v) is 4.30. The van der Waals surface area contributed by atoms with Crippen LogP contribution in [0.3, 0.4) is 0 Å². The van der Waals surface area contributed by atoms with E-state index in [-0.39, 0.29) is 11.9 Å². The molecule has 1 N–H and O–H groups in total. The lowest BCUT2D eigenvalue weighted by molar-refractivity contribution is 0.0138. The molecular formula is C25H37NO4. The third-order valence-corrected chi connectivity index (χ3v) is 6.00. The van der Waals surface area contributed by atoms with E-state index >= 15 is 0 Å². The Labute approximate surface area is 181 Å². The number of hydrogen-bond donors (Lipinski definition) is 1. The van der Waals surface area contributed by atoms with Gasteiger partial charge in [0.25, 0.3) is 0 Å². The van der Waals surface area contributed by atoms with E-state index in [1.165, 1.54) is 19.3 Å². The van der Waals surface area contributed by atoms with Gasteiger partial charge in [0.2, 0.25) is 0 Å². The zero-order chi connectivity index (χ0) is 21.6. The summed E-state index contributed by atoms with van der Waals surface area (Å²) in [6.45, 7) is 7.65. The van der Waals surface area contributed by atoms with Gasteiger partial charge in [-0.25, -0.2) is 4.79 Å². The van der Waals surface area contributed by atoms with Gasteiger partial charge >= 0.3 is 6.09 Å². The van der Waals surface area contributed by atoms with Gasteiger partial charge < -0.3 is 19.5 Å². The van der Waals surface area contributed by atoms with Crippen molar-refractivity contribution in [3.63, 3.8) is 0 Å². The van der Waals surface area contributed by atoms with Crippen LogP contribution >= 0.6 is 0 Å². The highest BCUT2D eigenvalue weighted by Gasteiger charge is 2.29. The molecule has 1 saturated carbocycles. The molecule has 1 saturated heterocycles. The number of aliphatic hydroxyl groups excluding tert-OH is 1. The molecule has 1 heterocycles. The van der Waals surface area contributed by atoms with Crippen molar-refractivity contribution in [2.75, 3.05) is 19.7 Å². The molecule has 1 aromatic rings. The maximum atomic E-state index is 12.3. The van der Waals surface area contributed by atoms with E-state index in [0.29, 0.717) is 31.5 Å². The van der Waals surface area contributed by atoms with E-state index in [0.717, 1.165) is 37.0 Å². The van der Waals surface area contributed by atoms with Gasteiger partial charge in [-0.3, -0.25) is 0 Å². The summed E-state index contributed by atoms with van der Waals surface area (Å²) in [4.78, 5) is 14.1. The Balaban J connectivity index is 1.59. The number of hydrogen-bond acceptors (Lipinski definition) is 4. The second-order valence-corrected chi connectivity index (χ2v) is 9.64. The first-order chi connectivity index (χ1) is 14.3. The number of nitrogens with zero attached hydrogens (tertiary/aromatic N) is 1. The fraction of sp³-hybridized carbons (Fsp3) is 0.640. The van der Waals surface area contributed by atoms with Gasteiger partial charge in [-0.05, 0) is 52.4 Å².